The molecule has 1 aromatic rings. The maximum atomic E-state index is 5.84. The molecule has 2 N–H and O–H groups in total. The summed E-state index contributed by atoms with van der Waals surface area (Å²) in [7, 11) is 1.95. The fourth-order valence-corrected chi connectivity index (χ4v) is 2.06. The molecule has 1 aromatic heterocycles. The van der Waals surface area contributed by atoms with Crippen LogP contribution in [0.2, 0.25) is 0 Å². The van der Waals surface area contributed by atoms with Gasteiger partial charge in [0.15, 0.2) is 0 Å². The van der Waals surface area contributed by atoms with Gasteiger partial charge in [-0.1, -0.05) is 13.8 Å². The first-order chi connectivity index (χ1) is 6.89. The normalized spacial score (nSPS) is 14.2. The van der Waals surface area contributed by atoms with Crippen LogP contribution in [0.3, 0.4) is 0 Å². The van der Waals surface area contributed by atoms with Gasteiger partial charge in [-0.15, -0.1) is 0 Å². The molecule has 0 bridgehead atoms. The molecule has 86 valence electrons. The lowest BCUT2D eigenvalue weighted by atomic mass is 9.81. The third-order valence-corrected chi connectivity index (χ3v) is 2.72. The predicted octanol–water partition coefficient (Wildman–Crippen LogP) is 2.12. The standard InChI is InChI=1S/C12H23N3/c1-10(13)7-12(2,3)6-5-11-8-14-15(4)9-11/h8-10H,5-7,13H2,1-4H3. The molecule has 0 amide bonds. The van der Waals surface area contributed by atoms with Crippen molar-refractivity contribution in [3.63, 3.8) is 0 Å². The van der Waals surface area contributed by atoms with Crippen LogP contribution in [0.1, 0.15) is 39.2 Å². The summed E-state index contributed by atoms with van der Waals surface area (Å²) >= 11 is 0. The summed E-state index contributed by atoms with van der Waals surface area (Å²) in [6.07, 6.45) is 7.37. The minimum atomic E-state index is 0.286. The monoisotopic (exact) mass is 209 g/mol. The van der Waals surface area contributed by atoms with E-state index in [1.165, 1.54) is 12.0 Å². The lowest BCUT2D eigenvalue weighted by Crippen LogP contribution is -2.25. The van der Waals surface area contributed by atoms with Crippen molar-refractivity contribution in [3.05, 3.63) is 18.0 Å². The molecular formula is C12H23N3. The molecule has 1 atom stereocenters. The van der Waals surface area contributed by atoms with E-state index in [-0.39, 0.29) is 6.04 Å². The largest absolute Gasteiger partial charge is 0.328 e. The van der Waals surface area contributed by atoms with Gasteiger partial charge in [0.1, 0.15) is 0 Å². The molecule has 15 heavy (non-hydrogen) atoms. The van der Waals surface area contributed by atoms with Crippen molar-refractivity contribution in [1.82, 2.24) is 9.78 Å². The van der Waals surface area contributed by atoms with Gasteiger partial charge in [0.05, 0.1) is 6.20 Å². The molecular weight excluding hydrogens is 186 g/mol. The van der Waals surface area contributed by atoms with Gasteiger partial charge in [-0.05, 0) is 37.2 Å². The fourth-order valence-electron chi connectivity index (χ4n) is 2.06. The van der Waals surface area contributed by atoms with Crippen molar-refractivity contribution < 1.29 is 0 Å². The van der Waals surface area contributed by atoms with E-state index in [9.17, 15) is 0 Å². The SMILES string of the molecule is CC(N)CC(C)(C)CCc1cnn(C)c1. The molecule has 0 aliphatic carbocycles. The Morgan fingerprint density at radius 3 is 2.67 bits per heavy atom. The first kappa shape index (κ1) is 12.2. The van der Waals surface area contributed by atoms with Crippen molar-refractivity contribution in [1.29, 1.82) is 0 Å². The van der Waals surface area contributed by atoms with Crippen molar-refractivity contribution in [3.8, 4) is 0 Å². The molecule has 1 unspecified atom stereocenters. The van der Waals surface area contributed by atoms with Crippen LogP contribution < -0.4 is 5.73 Å². The zero-order valence-corrected chi connectivity index (χ0v) is 10.3. The Labute approximate surface area is 92.7 Å². The Kier molecular flexibility index (Phi) is 3.91. The van der Waals surface area contributed by atoms with E-state index in [1.54, 1.807) is 0 Å². The lowest BCUT2D eigenvalue weighted by Gasteiger charge is -2.26. The zero-order chi connectivity index (χ0) is 11.5. The molecule has 1 heterocycles. The summed E-state index contributed by atoms with van der Waals surface area (Å²) in [5, 5.41) is 4.17. The quantitative estimate of drug-likeness (QED) is 0.807. The van der Waals surface area contributed by atoms with Crippen LogP contribution in [0.5, 0.6) is 0 Å². The highest BCUT2D eigenvalue weighted by Crippen LogP contribution is 2.27. The molecule has 0 saturated heterocycles. The Balaban J connectivity index is 2.42. The number of aryl methyl sites for hydroxylation is 2. The molecule has 0 saturated carbocycles. The maximum Gasteiger partial charge on any atom is 0.0521 e. The van der Waals surface area contributed by atoms with Crippen LogP contribution >= 0.6 is 0 Å². The van der Waals surface area contributed by atoms with E-state index in [2.05, 4.69) is 32.1 Å². The van der Waals surface area contributed by atoms with Crippen LogP contribution in [-0.4, -0.2) is 15.8 Å². The van der Waals surface area contributed by atoms with Crippen LogP contribution in [0.4, 0.5) is 0 Å². The van der Waals surface area contributed by atoms with Gasteiger partial charge in [0.2, 0.25) is 0 Å². The fraction of sp³-hybridized carbons (Fsp3) is 0.750. The molecule has 0 aromatic carbocycles. The van der Waals surface area contributed by atoms with Crippen LogP contribution in [0.25, 0.3) is 0 Å². The summed E-state index contributed by atoms with van der Waals surface area (Å²) in [5.74, 6) is 0. The Morgan fingerprint density at radius 2 is 2.20 bits per heavy atom. The summed E-state index contributed by atoms with van der Waals surface area (Å²) in [6, 6.07) is 0.286. The molecule has 3 heteroatoms. The Morgan fingerprint density at radius 1 is 1.53 bits per heavy atom. The van der Waals surface area contributed by atoms with E-state index in [1.807, 2.05) is 17.9 Å². The van der Waals surface area contributed by atoms with E-state index in [4.69, 9.17) is 5.73 Å². The van der Waals surface area contributed by atoms with E-state index in [0.717, 1.165) is 12.8 Å². The Bertz CT molecular complexity index is 300. The number of aromatic nitrogens is 2. The predicted molar refractivity (Wildman–Crippen MR) is 63.6 cm³/mol. The number of rotatable bonds is 5. The van der Waals surface area contributed by atoms with Crippen molar-refractivity contribution in [2.24, 2.45) is 18.2 Å². The number of hydrogen-bond donors (Lipinski definition) is 1. The van der Waals surface area contributed by atoms with Crippen molar-refractivity contribution in [2.75, 3.05) is 0 Å². The number of nitrogens with zero attached hydrogens (tertiary/aromatic N) is 2. The highest BCUT2D eigenvalue weighted by atomic mass is 15.2. The maximum absolute atomic E-state index is 5.84. The second kappa shape index (κ2) is 4.79. The summed E-state index contributed by atoms with van der Waals surface area (Å²) in [4.78, 5) is 0. The first-order valence-corrected chi connectivity index (χ1v) is 5.62. The van der Waals surface area contributed by atoms with Gasteiger partial charge in [0.25, 0.3) is 0 Å². The third kappa shape index (κ3) is 4.47. The Hall–Kier alpha value is -0.830. The second-order valence-electron chi connectivity index (χ2n) is 5.37. The van der Waals surface area contributed by atoms with Gasteiger partial charge < -0.3 is 5.73 Å². The van der Waals surface area contributed by atoms with E-state index in [0.29, 0.717) is 5.41 Å². The lowest BCUT2D eigenvalue weighted by molar-refractivity contribution is 0.287. The van der Waals surface area contributed by atoms with Gasteiger partial charge in [0, 0.05) is 19.3 Å². The van der Waals surface area contributed by atoms with Crippen LogP contribution in [-0.2, 0) is 13.5 Å². The summed E-state index contributed by atoms with van der Waals surface area (Å²) < 4.78 is 1.86. The number of nitrogens with two attached hydrogens (primary N) is 1. The van der Waals surface area contributed by atoms with Crippen LogP contribution in [0, 0.1) is 5.41 Å². The van der Waals surface area contributed by atoms with Crippen LogP contribution in [0.15, 0.2) is 12.4 Å². The van der Waals surface area contributed by atoms with Crippen molar-refractivity contribution in [2.45, 2.75) is 46.1 Å². The minimum absolute atomic E-state index is 0.286. The van der Waals surface area contributed by atoms with Gasteiger partial charge >= 0.3 is 0 Å². The minimum Gasteiger partial charge on any atom is -0.328 e. The average molecular weight is 209 g/mol. The van der Waals surface area contributed by atoms with Crippen molar-refractivity contribution >= 4 is 0 Å². The summed E-state index contributed by atoms with van der Waals surface area (Å²) in [5.41, 5.74) is 7.47. The topological polar surface area (TPSA) is 43.8 Å². The van der Waals surface area contributed by atoms with E-state index < -0.39 is 0 Å². The highest BCUT2D eigenvalue weighted by molar-refractivity contribution is 5.04. The molecule has 0 aliphatic heterocycles. The molecule has 0 radical (unpaired) electrons. The first-order valence-electron chi connectivity index (χ1n) is 5.62. The van der Waals surface area contributed by atoms with E-state index >= 15 is 0 Å². The van der Waals surface area contributed by atoms with Gasteiger partial charge in [-0.3, -0.25) is 4.68 Å². The molecule has 1 rings (SSSR count). The average Bonchev–Trinajstić information content (AvgIpc) is 2.46. The van der Waals surface area contributed by atoms with Gasteiger partial charge in [-0.2, -0.15) is 5.10 Å². The number of hydrogen-bond acceptors (Lipinski definition) is 2. The second-order valence-corrected chi connectivity index (χ2v) is 5.37. The molecule has 0 spiro atoms. The molecule has 3 nitrogen and oxygen atoms in total. The smallest absolute Gasteiger partial charge is 0.0521 e. The molecule has 0 fully saturated rings. The highest BCUT2D eigenvalue weighted by Gasteiger charge is 2.19. The zero-order valence-electron chi connectivity index (χ0n) is 10.3. The summed E-state index contributed by atoms with van der Waals surface area (Å²) in [6.45, 7) is 6.64. The third-order valence-electron chi connectivity index (χ3n) is 2.72. The van der Waals surface area contributed by atoms with Gasteiger partial charge in [-0.25, -0.2) is 0 Å². The molecule has 0 aliphatic rings.